The molecule has 1 amide bonds. The van der Waals surface area contributed by atoms with Crippen LogP contribution in [0, 0.1) is 0 Å². The highest BCUT2D eigenvalue weighted by Crippen LogP contribution is 2.19. The lowest BCUT2D eigenvalue weighted by atomic mass is 10.3. The zero-order valence-electron chi connectivity index (χ0n) is 15.5. The van der Waals surface area contributed by atoms with Crippen molar-refractivity contribution in [3.63, 3.8) is 0 Å². The number of rotatable bonds is 7. The standard InChI is InChI=1S/C15H27N7O2S.HI/c1-4-12-19-15(25-20-12)22-8-6-21(7-9-22)14(16-2)18-11-13(23)17-5-10-24-3;/h4-11H2,1-3H3,(H,16,18)(H,17,23);1H. The number of carbonyl (C=O) groups excluding carboxylic acids is 1. The second-order valence-corrected chi connectivity index (χ2v) is 6.29. The summed E-state index contributed by atoms with van der Waals surface area (Å²) in [5, 5.41) is 6.88. The fraction of sp³-hybridized carbons (Fsp3) is 0.733. The lowest BCUT2D eigenvalue weighted by Crippen LogP contribution is -2.53. The summed E-state index contributed by atoms with van der Waals surface area (Å²) in [5.41, 5.74) is 0. The van der Waals surface area contributed by atoms with Gasteiger partial charge in [0.25, 0.3) is 0 Å². The van der Waals surface area contributed by atoms with Gasteiger partial charge in [0.2, 0.25) is 11.0 Å². The van der Waals surface area contributed by atoms with E-state index in [0.717, 1.165) is 49.5 Å². The predicted molar refractivity (Wildman–Crippen MR) is 115 cm³/mol. The number of aromatic nitrogens is 2. The second-order valence-electron chi connectivity index (χ2n) is 5.56. The molecule has 1 aromatic rings. The molecule has 0 atom stereocenters. The topological polar surface area (TPSA) is 95.0 Å². The van der Waals surface area contributed by atoms with E-state index in [0.29, 0.717) is 13.2 Å². The maximum atomic E-state index is 11.8. The lowest BCUT2D eigenvalue weighted by molar-refractivity contribution is -0.120. The van der Waals surface area contributed by atoms with Crippen LogP contribution in [-0.4, -0.2) is 86.2 Å². The van der Waals surface area contributed by atoms with Crippen LogP contribution in [0.1, 0.15) is 12.7 Å². The summed E-state index contributed by atoms with van der Waals surface area (Å²) in [7, 11) is 3.34. The molecule has 9 nitrogen and oxygen atoms in total. The molecule has 0 unspecified atom stereocenters. The molecule has 1 aromatic heterocycles. The molecule has 0 spiro atoms. The van der Waals surface area contributed by atoms with Gasteiger partial charge in [-0.05, 0) is 0 Å². The van der Waals surface area contributed by atoms with Crippen molar-refractivity contribution in [2.75, 3.05) is 64.9 Å². The molecule has 1 saturated heterocycles. The number of hydrogen-bond donors (Lipinski definition) is 2. The van der Waals surface area contributed by atoms with Gasteiger partial charge in [-0.15, -0.1) is 24.0 Å². The Morgan fingerprint density at radius 1 is 1.31 bits per heavy atom. The number of halogens is 1. The Morgan fingerprint density at radius 3 is 2.62 bits per heavy atom. The van der Waals surface area contributed by atoms with Crippen molar-refractivity contribution < 1.29 is 9.53 Å². The highest BCUT2D eigenvalue weighted by atomic mass is 127. The maximum absolute atomic E-state index is 11.8. The SMILES string of the molecule is CCc1nsc(N2CCN(C(=NC)NCC(=O)NCCOC)CC2)n1.I. The molecule has 0 aliphatic carbocycles. The first-order valence-corrected chi connectivity index (χ1v) is 9.24. The summed E-state index contributed by atoms with van der Waals surface area (Å²) in [6.07, 6.45) is 0.861. The third-order valence-electron chi connectivity index (χ3n) is 3.87. The first-order chi connectivity index (χ1) is 12.2. The van der Waals surface area contributed by atoms with Gasteiger partial charge >= 0.3 is 0 Å². The van der Waals surface area contributed by atoms with Gasteiger partial charge in [0.1, 0.15) is 5.82 Å². The highest BCUT2D eigenvalue weighted by molar-refractivity contribution is 14.0. The van der Waals surface area contributed by atoms with Crippen molar-refractivity contribution in [3.05, 3.63) is 5.82 Å². The molecule has 2 N–H and O–H groups in total. The van der Waals surface area contributed by atoms with E-state index in [4.69, 9.17) is 4.74 Å². The molecule has 0 radical (unpaired) electrons. The summed E-state index contributed by atoms with van der Waals surface area (Å²) in [6.45, 7) is 6.65. The van der Waals surface area contributed by atoms with Gasteiger partial charge in [-0.2, -0.15) is 4.37 Å². The van der Waals surface area contributed by atoms with Gasteiger partial charge in [0.15, 0.2) is 5.96 Å². The molecule has 2 heterocycles. The number of aryl methyl sites for hydroxylation is 1. The van der Waals surface area contributed by atoms with E-state index in [9.17, 15) is 4.79 Å². The Balaban J connectivity index is 0.00000338. The number of nitrogens with zero attached hydrogens (tertiary/aromatic N) is 5. The molecule has 1 fully saturated rings. The summed E-state index contributed by atoms with van der Waals surface area (Å²) in [6, 6.07) is 0. The number of hydrogen-bond acceptors (Lipinski definition) is 7. The van der Waals surface area contributed by atoms with E-state index in [1.807, 2.05) is 0 Å². The number of aliphatic imine (C=N–C) groups is 1. The largest absolute Gasteiger partial charge is 0.383 e. The van der Waals surface area contributed by atoms with E-state index in [-0.39, 0.29) is 36.4 Å². The van der Waals surface area contributed by atoms with Crippen LogP contribution >= 0.6 is 35.5 Å². The van der Waals surface area contributed by atoms with Crippen LogP contribution in [0.15, 0.2) is 4.99 Å². The molecule has 2 rings (SSSR count). The third-order valence-corrected chi connectivity index (χ3v) is 4.69. The second kappa shape index (κ2) is 12.2. The molecular weight excluding hydrogens is 469 g/mol. The van der Waals surface area contributed by atoms with Crippen molar-refractivity contribution in [2.45, 2.75) is 13.3 Å². The van der Waals surface area contributed by atoms with Crippen LogP contribution in [0.4, 0.5) is 5.13 Å². The number of carbonyl (C=O) groups is 1. The Hall–Kier alpha value is -1.21. The Kier molecular flexibility index (Phi) is 10.7. The van der Waals surface area contributed by atoms with E-state index >= 15 is 0 Å². The zero-order chi connectivity index (χ0) is 18.1. The fourth-order valence-electron chi connectivity index (χ4n) is 2.47. The zero-order valence-corrected chi connectivity index (χ0v) is 18.7. The number of methoxy groups -OCH3 is 1. The molecule has 11 heteroatoms. The number of piperazine rings is 1. The van der Waals surface area contributed by atoms with Crippen LogP contribution in [0.5, 0.6) is 0 Å². The smallest absolute Gasteiger partial charge is 0.239 e. The third kappa shape index (κ3) is 6.83. The van der Waals surface area contributed by atoms with Crippen LogP contribution in [0.2, 0.25) is 0 Å². The summed E-state index contributed by atoms with van der Waals surface area (Å²) >= 11 is 1.46. The predicted octanol–water partition coefficient (Wildman–Crippen LogP) is 0.179. The first kappa shape index (κ1) is 22.8. The highest BCUT2D eigenvalue weighted by Gasteiger charge is 2.22. The number of guanidine groups is 1. The minimum absolute atomic E-state index is 0. The normalized spacial score (nSPS) is 14.8. The van der Waals surface area contributed by atoms with Gasteiger partial charge < -0.3 is 25.2 Å². The van der Waals surface area contributed by atoms with E-state index in [1.54, 1.807) is 14.2 Å². The van der Waals surface area contributed by atoms with Gasteiger partial charge in [-0.25, -0.2) is 4.98 Å². The summed E-state index contributed by atoms with van der Waals surface area (Å²) in [4.78, 5) is 25.0. The average molecular weight is 497 g/mol. The molecule has 26 heavy (non-hydrogen) atoms. The first-order valence-electron chi connectivity index (χ1n) is 8.46. The van der Waals surface area contributed by atoms with Gasteiger partial charge in [-0.3, -0.25) is 9.79 Å². The monoisotopic (exact) mass is 497 g/mol. The molecule has 0 saturated carbocycles. The number of amides is 1. The van der Waals surface area contributed by atoms with Gasteiger partial charge in [0.05, 0.1) is 13.2 Å². The van der Waals surface area contributed by atoms with Crippen molar-refractivity contribution >= 4 is 52.5 Å². The number of nitrogens with one attached hydrogen (secondary N) is 2. The van der Waals surface area contributed by atoms with Crippen molar-refractivity contribution in [2.24, 2.45) is 4.99 Å². The summed E-state index contributed by atoms with van der Waals surface area (Å²) in [5.74, 6) is 1.57. The van der Waals surface area contributed by atoms with Crippen molar-refractivity contribution in [1.82, 2.24) is 24.9 Å². The minimum Gasteiger partial charge on any atom is -0.383 e. The lowest BCUT2D eigenvalue weighted by Gasteiger charge is -2.36. The molecule has 148 valence electrons. The van der Waals surface area contributed by atoms with E-state index in [2.05, 4.69) is 41.7 Å². The Labute approximate surface area is 175 Å². The summed E-state index contributed by atoms with van der Waals surface area (Å²) < 4.78 is 9.25. The van der Waals surface area contributed by atoms with Crippen LogP contribution in [0.25, 0.3) is 0 Å². The van der Waals surface area contributed by atoms with Gasteiger partial charge in [-0.1, -0.05) is 6.92 Å². The average Bonchev–Trinajstić information content (AvgIpc) is 3.12. The van der Waals surface area contributed by atoms with Crippen LogP contribution < -0.4 is 15.5 Å². The Morgan fingerprint density at radius 2 is 2.04 bits per heavy atom. The van der Waals surface area contributed by atoms with Gasteiger partial charge in [0, 0.05) is 64.8 Å². The molecular formula is C15H28IN7O2S. The van der Waals surface area contributed by atoms with E-state index in [1.165, 1.54) is 11.5 Å². The quantitative estimate of drug-likeness (QED) is 0.240. The fourth-order valence-corrected chi connectivity index (χ4v) is 3.27. The Bertz CT molecular complexity index is 576. The molecule has 0 bridgehead atoms. The minimum atomic E-state index is -0.0715. The maximum Gasteiger partial charge on any atom is 0.239 e. The van der Waals surface area contributed by atoms with Crippen molar-refractivity contribution in [1.29, 1.82) is 0 Å². The van der Waals surface area contributed by atoms with E-state index < -0.39 is 0 Å². The van der Waals surface area contributed by atoms with Crippen LogP contribution in [0.3, 0.4) is 0 Å². The molecule has 0 aromatic carbocycles. The molecule has 1 aliphatic rings. The van der Waals surface area contributed by atoms with Crippen molar-refractivity contribution in [3.8, 4) is 0 Å². The van der Waals surface area contributed by atoms with Crippen LogP contribution in [-0.2, 0) is 16.0 Å². The number of anilines is 1. The number of ether oxygens (including phenoxy) is 1. The molecule has 1 aliphatic heterocycles.